The summed E-state index contributed by atoms with van der Waals surface area (Å²) in [6, 6.07) is 7.48. The van der Waals surface area contributed by atoms with E-state index in [1.54, 1.807) is 18.9 Å². The quantitative estimate of drug-likeness (QED) is 0.731. The number of methoxy groups -OCH3 is 1. The van der Waals surface area contributed by atoms with Crippen molar-refractivity contribution < 1.29 is 13.9 Å². The molecule has 23 heavy (non-hydrogen) atoms. The number of carbonyl (C=O) groups is 1. The smallest absolute Gasteiger partial charge is 0.277 e. The molecule has 0 spiro atoms. The molecule has 1 N–H and O–H groups in total. The van der Waals surface area contributed by atoms with Gasteiger partial charge in [0.05, 0.1) is 24.7 Å². The predicted molar refractivity (Wildman–Crippen MR) is 91.8 cm³/mol. The maximum absolute atomic E-state index is 12.1. The monoisotopic (exact) mass is 353 g/mol. The SMILES string of the molecule is COc1ccccc1C(C)NC(=O)CSc1nnc(CSC)o1. The molecule has 0 aliphatic rings. The van der Waals surface area contributed by atoms with Gasteiger partial charge in [-0.05, 0) is 19.2 Å². The van der Waals surface area contributed by atoms with Gasteiger partial charge in [-0.15, -0.1) is 10.2 Å². The van der Waals surface area contributed by atoms with Crippen molar-refractivity contribution in [3.8, 4) is 5.75 Å². The third-order valence-corrected chi connectivity index (χ3v) is 4.38. The lowest BCUT2D eigenvalue weighted by atomic mass is 10.1. The molecule has 8 heteroatoms. The molecule has 0 fully saturated rings. The summed E-state index contributed by atoms with van der Waals surface area (Å²) in [5.41, 5.74) is 0.938. The molecule has 0 aliphatic heterocycles. The maximum Gasteiger partial charge on any atom is 0.277 e. The van der Waals surface area contributed by atoms with E-state index in [9.17, 15) is 4.79 Å². The molecule has 6 nitrogen and oxygen atoms in total. The van der Waals surface area contributed by atoms with Crippen LogP contribution < -0.4 is 10.1 Å². The van der Waals surface area contributed by atoms with Crippen LogP contribution in [0, 0.1) is 0 Å². The summed E-state index contributed by atoms with van der Waals surface area (Å²) in [5, 5.41) is 11.2. The average Bonchev–Trinajstić information content (AvgIpc) is 3.01. The fraction of sp³-hybridized carbons (Fsp3) is 0.400. The van der Waals surface area contributed by atoms with Crippen LogP contribution in [0.5, 0.6) is 5.75 Å². The number of aromatic nitrogens is 2. The number of ether oxygens (including phenoxy) is 1. The van der Waals surface area contributed by atoms with E-state index in [1.165, 1.54) is 11.8 Å². The summed E-state index contributed by atoms with van der Waals surface area (Å²) in [5.74, 6) is 2.12. The van der Waals surface area contributed by atoms with Gasteiger partial charge in [0.25, 0.3) is 5.22 Å². The van der Waals surface area contributed by atoms with Gasteiger partial charge in [0, 0.05) is 5.56 Å². The van der Waals surface area contributed by atoms with Crippen molar-refractivity contribution in [1.82, 2.24) is 15.5 Å². The van der Waals surface area contributed by atoms with Crippen LogP contribution in [0.2, 0.25) is 0 Å². The van der Waals surface area contributed by atoms with Crippen molar-refractivity contribution in [2.24, 2.45) is 0 Å². The normalized spacial score (nSPS) is 12.0. The third kappa shape index (κ3) is 5.18. The van der Waals surface area contributed by atoms with Crippen molar-refractivity contribution in [3.63, 3.8) is 0 Å². The second-order valence-electron chi connectivity index (χ2n) is 4.71. The first kappa shape index (κ1) is 17.7. The minimum atomic E-state index is -0.144. The molecule has 0 radical (unpaired) electrons. The summed E-state index contributed by atoms with van der Waals surface area (Å²) in [7, 11) is 1.62. The lowest BCUT2D eigenvalue weighted by molar-refractivity contribution is -0.119. The summed E-state index contributed by atoms with van der Waals surface area (Å²) >= 11 is 2.83. The van der Waals surface area contributed by atoms with Gasteiger partial charge in [0.2, 0.25) is 11.8 Å². The molecule has 1 aromatic heterocycles. The Balaban J connectivity index is 1.86. The first-order chi connectivity index (χ1) is 11.1. The number of carbonyl (C=O) groups excluding carboxylic acids is 1. The highest BCUT2D eigenvalue weighted by molar-refractivity contribution is 7.99. The number of nitrogens with one attached hydrogen (secondary N) is 1. The molecule has 2 aromatic rings. The van der Waals surface area contributed by atoms with Gasteiger partial charge in [-0.25, -0.2) is 0 Å². The van der Waals surface area contributed by atoms with Crippen LogP contribution in [0.1, 0.15) is 24.4 Å². The van der Waals surface area contributed by atoms with Gasteiger partial charge < -0.3 is 14.5 Å². The standard InChI is InChI=1S/C15H19N3O3S2/c1-10(11-6-4-5-7-12(11)20-2)16-13(19)8-23-15-18-17-14(21-15)9-22-3/h4-7,10H,8-9H2,1-3H3,(H,16,19). The van der Waals surface area contributed by atoms with Gasteiger partial charge in [-0.2, -0.15) is 11.8 Å². The van der Waals surface area contributed by atoms with Gasteiger partial charge >= 0.3 is 0 Å². The molecule has 1 unspecified atom stereocenters. The lowest BCUT2D eigenvalue weighted by Gasteiger charge is -2.16. The van der Waals surface area contributed by atoms with Crippen molar-refractivity contribution >= 4 is 29.4 Å². The molecule has 0 saturated carbocycles. The zero-order valence-corrected chi connectivity index (χ0v) is 14.9. The zero-order chi connectivity index (χ0) is 16.7. The molecular weight excluding hydrogens is 334 g/mol. The molecule has 1 aromatic carbocycles. The Morgan fingerprint density at radius 1 is 1.39 bits per heavy atom. The van der Waals surface area contributed by atoms with E-state index in [4.69, 9.17) is 9.15 Å². The molecule has 0 bridgehead atoms. The van der Waals surface area contributed by atoms with Gasteiger partial charge in [0.1, 0.15) is 5.75 Å². The van der Waals surface area contributed by atoms with Crippen LogP contribution in [-0.2, 0) is 10.5 Å². The molecule has 1 amide bonds. The Kier molecular flexibility index (Phi) is 6.79. The maximum atomic E-state index is 12.1. The summed E-state index contributed by atoms with van der Waals surface area (Å²) in [6.07, 6.45) is 1.96. The minimum Gasteiger partial charge on any atom is -0.496 e. The van der Waals surface area contributed by atoms with Gasteiger partial charge in [-0.1, -0.05) is 30.0 Å². The van der Waals surface area contributed by atoms with Crippen LogP contribution in [0.25, 0.3) is 0 Å². The predicted octanol–water partition coefficient (Wildman–Crippen LogP) is 2.91. The second-order valence-corrected chi connectivity index (χ2v) is 6.51. The molecule has 2 rings (SSSR count). The van der Waals surface area contributed by atoms with Crippen molar-refractivity contribution in [3.05, 3.63) is 35.7 Å². The number of nitrogens with zero attached hydrogens (tertiary/aromatic N) is 2. The van der Waals surface area contributed by atoms with Crippen molar-refractivity contribution in [2.75, 3.05) is 19.1 Å². The minimum absolute atomic E-state index is 0.0991. The molecular formula is C15H19N3O3S2. The Morgan fingerprint density at radius 3 is 2.91 bits per heavy atom. The van der Waals surface area contributed by atoms with Crippen molar-refractivity contribution in [2.45, 2.75) is 23.9 Å². The highest BCUT2D eigenvalue weighted by Gasteiger charge is 2.15. The van der Waals surface area contributed by atoms with E-state index in [2.05, 4.69) is 15.5 Å². The molecule has 1 heterocycles. The van der Waals surface area contributed by atoms with Crippen molar-refractivity contribution in [1.29, 1.82) is 0 Å². The van der Waals surface area contributed by atoms with E-state index in [0.717, 1.165) is 11.3 Å². The molecule has 0 aliphatic carbocycles. The third-order valence-electron chi connectivity index (χ3n) is 3.03. The first-order valence-corrected chi connectivity index (χ1v) is 9.38. The fourth-order valence-electron chi connectivity index (χ4n) is 1.99. The van der Waals surface area contributed by atoms with E-state index < -0.39 is 0 Å². The Labute approximate surface area is 143 Å². The van der Waals surface area contributed by atoms with Crippen LogP contribution in [0.3, 0.4) is 0 Å². The van der Waals surface area contributed by atoms with E-state index in [1.807, 2.05) is 37.4 Å². The van der Waals surface area contributed by atoms with Crippen LogP contribution in [-0.4, -0.2) is 35.2 Å². The number of amides is 1. The molecule has 0 saturated heterocycles. The fourth-order valence-corrected chi connectivity index (χ4v) is 2.95. The number of para-hydroxylation sites is 1. The second kappa shape index (κ2) is 8.83. The Morgan fingerprint density at radius 2 is 2.17 bits per heavy atom. The lowest BCUT2D eigenvalue weighted by Crippen LogP contribution is -2.28. The highest BCUT2D eigenvalue weighted by Crippen LogP contribution is 2.24. The summed E-state index contributed by atoms with van der Waals surface area (Å²) in [4.78, 5) is 12.1. The largest absolute Gasteiger partial charge is 0.496 e. The molecule has 1 atom stereocenters. The number of rotatable bonds is 8. The number of hydrogen-bond acceptors (Lipinski definition) is 7. The Hall–Kier alpha value is -1.67. The highest BCUT2D eigenvalue weighted by atomic mass is 32.2. The van der Waals surface area contributed by atoms with Crippen LogP contribution in [0.4, 0.5) is 0 Å². The van der Waals surface area contributed by atoms with Gasteiger partial charge in [0.15, 0.2) is 0 Å². The zero-order valence-electron chi connectivity index (χ0n) is 13.2. The number of hydrogen-bond donors (Lipinski definition) is 1. The van der Waals surface area contributed by atoms with Crippen LogP contribution >= 0.6 is 23.5 Å². The average molecular weight is 353 g/mol. The van der Waals surface area contributed by atoms with Crippen LogP contribution in [0.15, 0.2) is 33.9 Å². The molecule has 124 valence electrons. The van der Waals surface area contributed by atoms with Gasteiger partial charge in [-0.3, -0.25) is 4.79 Å². The summed E-state index contributed by atoms with van der Waals surface area (Å²) in [6.45, 7) is 1.92. The van der Waals surface area contributed by atoms with E-state index in [-0.39, 0.29) is 17.7 Å². The Bertz CT molecular complexity index is 648. The topological polar surface area (TPSA) is 77.2 Å². The summed E-state index contributed by atoms with van der Waals surface area (Å²) < 4.78 is 10.7. The number of thioether (sulfide) groups is 2. The van der Waals surface area contributed by atoms with E-state index in [0.29, 0.717) is 16.9 Å². The number of benzene rings is 1. The van der Waals surface area contributed by atoms with E-state index >= 15 is 0 Å². The first-order valence-electron chi connectivity index (χ1n) is 7.00.